The Morgan fingerprint density at radius 3 is 2.60 bits per heavy atom. The molecule has 1 aromatic carbocycles. The summed E-state index contributed by atoms with van der Waals surface area (Å²) in [6, 6.07) is 4.47. The molecule has 2 aromatic rings. The van der Waals surface area contributed by atoms with Crippen molar-refractivity contribution in [3.8, 4) is 0 Å². The summed E-state index contributed by atoms with van der Waals surface area (Å²) in [5.41, 5.74) is 0.543. The largest absolute Gasteiger partial charge is 0.348 e. The predicted molar refractivity (Wildman–Crippen MR) is 111 cm³/mol. The minimum Gasteiger partial charge on any atom is -0.348 e. The highest BCUT2D eigenvalue weighted by atomic mass is 35.5. The fraction of sp³-hybridized carbons (Fsp3) is 0.500. The fourth-order valence-electron chi connectivity index (χ4n) is 3.28. The second-order valence-electron chi connectivity index (χ2n) is 7.59. The lowest BCUT2D eigenvalue weighted by atomic mass is 10.1. The lowest BCUT2D eigenvalue weighted by molar-refractivity contribution is -0.132. The van der Waals surface area contributed by atoms with E-state index in [0.717, 1.165) is 6.54 Å². The fourth-order valence-corrected chi connectivity index (χ4v) is 3.51. The van der Waals surface area contributed by atoms with Gasteiger partial charge in [-0.3, -0.25) is 19.2 Å². The van der Waals surface area contributed by atoms with Crippen LogP contribution in [-0.4, -0.2) is 75.4 Å². The van der Waals surface area contributed by atoms with Gasteiger partial charge >= 0.3 is 0 Å². The van der Waals surface area contributed by atoms with E-state index >= 15 is 0 Å². The van der Waals surface area contributed by atoms with E-state index in [0.29, 0.717) is 38.4 Å². The molecule has 162 valence electrons. The Kier molecular flexibility index (Phi) is 7.38. The van der Waals surface area contributed by atoms with E-state index in [4.69, 9.17) is 11.6 Å². The number of hydrogen-bond acceptors (Lipinski definition) is 5. The lowest BCUT2D eigenvalue weighted by Crippen LogP contribution is -2.49. The molecular weight excluding hydrogens is 411 g/mol. The minimum atomic E-state index is -0.455. The first-order valence-corrected chi connectivity index (χ1v) is 10.4. The number of piperazine rings is 1. The van der Waals surface area contributed by atoms with Crippen LogP contribution in [-0.2, 0) is 17.8 Å². The van der Waals surface area contributed by atoms with Crippen LogP contribution in [0.25, 0.3) is 0 Å². The summed E-state index contributed by atoms with van der Waals surface area (Å²) < 4.78 is 15.6. The summed E-state index contributed by atoms with van der Waals surface area (Å²) in [5.74, 6) is -0.819. The standard InChI is InChI=1S/C20H26ClFN6O2/c1-14(2)23-20(30)18-13-28(25-24-18)11-8-26-6-9-27(10-7-26)19(29)12-15-16(21)4-3-5-17(15)22/h3-5,13-14H,6-12H2,1-2H3,(H,23,30). The number of nitrogens with zero attached hydrogens (tertiary/aromatic N) is 5. The molecular formula is C20H26ClFN6O2. The first kappa shape index (κ1) is 22.2. The number of halogens is 2. The van der Waals surface area contributed by atoms with E-state index in [1.54, 1.807) is 21.8 Å². The summed E-state index contributed by atoms with van der Waals surface area (Å²) in [7, 11) is 0. The summed E-state index contributed by atoms with van der Waals surface area (Å²) in [6.07, 6.45) is 1.60. The van der Waals surface area contributed by atoms with Crippen LogP contribution < -0.4 is 5.32 Å². The van der Waals surface area contributed by atoms with Gasteiger partial charge in [-0.15, -0.1) is 5.10 Å². The third-order valence-corrected chi connectivity index (χ3v) is 5.31. The third-order valence-electron chi connectivity index (χ3n) is 4.95. The average Bonchev–Trinajstić information content (AvgIpc) is 3.18. The van der Waals surface area contributed by atoms with Gasteiger partial charge in [-0.25, -0.2) is 4.39 Å². The molecule has 1 saturated heterocycles. The average molecular weight is 437 g/mol. The third kappa shape index (κ3) is 5.76. The van der Waals surface area contributed by atoms with Crippen LogP contribution in [0.3, 0.4) is 0 Å². The molecule has 0 atom stereocenters. The van der Waals surface area contributed by atoms with Gasteiger partial charge in [0.1, 0.15) is 5.82 Å². The molecule has 0 spiro atoms. The van der Waals surface area contributed by atoms with Crippen molar-refractivity contribution in [1.29, 1.82) is 0 Å². The first-order valence-electron chi connectivity index (χ1n) is 9.97. The summed E-state index contributed by atoms with van der Waals surface area (Å²) >= 11 is 6.02. The van der Waals surface area contributed by atoms with Crippen molar-refractivity contribution in [2.24, 2.45) is 0 Å². The number of aromatic nitrogens is 3. The van der Waals surface area contributed by atoms with Gasteiger partial charge in [0, 0.05) is 49.4 Å². The van der Waals surface area contributed by atoms with E-state index in [-0.39, 0.29) is 34.9 Å². The molecule has 30 heavy (non-hydrogen) atoms. The Morgan fingerprint density at radius 1 is 1.20 bits per heavy atom. The van der Waals surface area contributed by atoms with Crippen LogP contribution in [0.4, 0.5) is 4.39 Å². The predicted octanol–water partition coefficient (Wildman–Crippen LogP) is 1.60. The Morgan fingerprint density at radius 2 is 1.93 bits per heavy atom. The molecule has 0 aliphatic carbocycles. The Bertz CT molecular complexity index is 875. The van der Waals surface area contributed by atoms with Gasteiger partial charge in [-0.2, -0.15) is 0 Å². The van der Waals surface area contributed by atoms with Crippen molar-refractivity contribution in [1.82, 2.24) is 30.1 Å². The van der Waals surface area contributed by atoms with Crippen molar-refractivity contribution >= 4 is 23.4 Å². The number of carbonyl (C=O) groups excluding carboxylic acids is 2. The number of hydrogen-bond donors (Lipinski definition) is 1. The van der Waals surface area contributed by atoms with Crippen LogP contribution in [0.2, 0.25) is 5.02 Å². The van der Waals surface area contributed by atoms with Gasteiger partial charge in [0.25, 0.3) is 5.91 Å². The zero-order valence-electron chi connectivity index (χ0n) is 17.1. The van der Waals surface area contributed by atoms with Crippen molar-refractivity contribution in [3.63, 3.8) is 0 Å². The molecule has 2 amide bonds. The SMILES string of the molecule is CC(C)NC(=O)c1cn(CCN2CCN(C(=O)Cc3c(F)cccc3Cl)CC2)nn1. The zero-order chi connectivity index (χ0) is 21.7. The summed E-state index contributed by atoms with van der Waals surface area (Å²) in [4.78, 5) is 28.4. The number of rotatable bonds is 7. The second kappa shape index (κ2) is 9.99. The van der Waals surface area contributed by atoms with E-state index in [2.05, 4.69) is 20.5 Å². The highest BCUT2D eigenvalue weighted by Gasteiger charge is 2.23. The lowest BCUT2D eigenvalue weighted by Gasteiger charge is -2.34. The van der Waals surface area contributed by atoms with E-state index in [1.165, 1.54) is 12.1 Å². The van der Waals surface area contributed by atoms with Crippen LogP contribution in [0.15, 0.2) is 24.4 Å². The smallest absolute Gasteiger partial charge is 0.273 e. The molecule has 1 aliphatic heterocycles. The Labute approximate surface area is 180 Å². The highest BCUT2D eigenvalue weighted by Crippen LogP contribution is 2.20. The maximum absolute atomic E-state index is 13.9. The molecule has 1 fully saturated rings. The van der Waals surface area contributed by atoms with E-state index < -0.39 is 5.82 Å². The molecule has 0 saturated carbocycles. The van der Waals surface area contributed by atoms with Gasteiger partial charge in [0.2, 0.25) is 5.91 Å². The second-order valence-corrected chi connectivity index (χ2v) is 8.00. The van der Waals surface area contributed by atoms with Crippen molar-refractivity contribution < 1.29 is 14.0 Å². The van der Waals surface area contributed by atoms with Crippen LogP contribution in [0, 0.1) is 5.82 Å². The number of benzene rings is 1. The monoisotopic (exact) mass is 436 g/mol. The van der Waals surface area contributed by atoms with Crippen LogP contribution >= 0.6 is 11.6 Å². The molecule has 0 bridgehead atoms. The Balaban J connectivity index is 1.44. The summed E-state index contributed by atoms with van der Waals surface area (Å²) in [6.45, 7) is 7.68. The van der Waals surface area contributed by atoms with Gasteiger partial charge in [0.15, 0.2) is 5.69 Å². The maximum Gasteiger partial charge on any atom is 0.273 e. The van der Waals surface area contributed by atoms with Gasteiger partial charge < -0.3 is 10.2 Å². The maximum atomic E-state index is 13.9. The number of amides is 2. The van der Waals surface area contributed by atoms with Gasteiger partial charge in [0.05, 0.1) is 19.2 Å². The topological polar surface area (TPSA) is 83.4 Å². The van der Waals surface area contributed by atoms with Gasteiger partial charge in [-0.1, -0.05) is 22.9 Å². The zero-order valence-corrected chi connectivity index (χ0v) is 17.9. The van der Waals surface area contributed by atoms with Crippen LogP contribution in [0.1, 0.15) is 29.9 Å². The van der Waals surface area contributed by atoms with E-state index in [1.807, 2.05) is 13.8 Å². The quantitative estimate of drug-likeness (QED) is 0.712. The van der Waals surface area contributed by atoms with Gasteiger partial charge in [-0.05, 0) is 26.0 Å². The molecule has 10 heteroatoms. The molecule has 1 aromatic heterocycles. The number of nitrogens with one attached hydrogen (secondary N) is 1. The highest BCUT2D eigenvalue weighted by molar-refractivity contribution is 6.31. The normalized spacial score (nSPS) is 14.9. The minimum absolute atomic E-state index is 0.0360. The number of carbonyl (C=O) groups is 2. The molecule has 3 rings (SSSR count). The molecule has 8 nitrogen and oxygen atoms in total. The molecule has 1 N–H and O–H groups in total. The Hall–Kier alpha value is -2.52. The van der Waals surface area contributed by atoms with Crippen molar-refractivity contribution in [2.75, 3.05) is 32.7 Å². The molecule has 2 heterocycles. The molecule has 0 radical (unpaired) electrons. The van der Waals surface area contributed by atoms with Crippen molar-refractivity contribution in [2.45, 2.75) is 32.9 Å². The molecule has 0 unspecified atom stereocenters. The van der Waals surface area contributed by atoms with E-state index in [9.17, 15) is 14.0 Å². The summed E-state index contributed by atoms with van der Waals surface area (Å²) in [5, 5.41) is 11.0. The molecule has 1 aliphatic rings. The van der Waals surface area contributed by atoms with Crippen LogP contribution in [0.5, 0.6) is 0 Å². The van der Waals surface area contributed by atoms with Crippen molar-refractivity contribution in [3.05, 3.63) is 46.5 Å². The first-order chi connectivity index (χ1) is 14.3.